The lowest BCUT2D eigenvalue weighted by Gasteiger charge is -2.12. The lowest BCUT2D eigenvalue weighted by molar-refractivity contribution is -0.129. The molecule has 0 rings (SSSR count). The highest BCUT2D eigenvalue weighted by molar-refractivity contribution is 6.18. The van der Waals surface area contributed by atoms with E-state index in [0.717, 1.165) is 6.42 Å². The van der Waals surface area contributed by atoms with Crippen LogP contribution < -0.4 is 0 Å². The van der Waals surface area contributed by atoms with Gasteiger partial charge in [-0.15, -0.1) is 11.6 Å². The van der Waals surface area contributed by atoms with Gasteiger partial charge in [0.15, 0.2) is 0 Å². The lowest BCUT2D eigenvalue weighted by atomic mass is 10.1. The molecule has 0 spiro atoms. The predicted octanol–water partition coefficient (Wildman–Crippen LogP) is 4.56. The Morgan fingerprint density at radius 2 is 1.41 bits per heavy atom. The summed E-state index contributed by atoms with van der Waals surface area (Å²) in [5, 5.41) is 0. The monoisotopic (exact) mass is 261 g/mol. The van der Waals surface area contributed by atoms with Gasteiger partial charge in [0, 0.05) is 13.5 Å². The fourth-order valence-corrected chi connectivity index (χ4v) is 1.98. The molecule has 0 unspecified atom stereocenters. The van der Waals surface area contributed by atoms with Gasteiger partial charge in [-0.25, -0.2) is 0 Å². The molecule has 0 heterocycles. The fourth-order valence-electron chi connectivity index (χ4n) is 1.84. The first-order valence-corrected chi connectivity index (χ1v) is 7.55. The third kappa shape index (κ3) is 10.6. The van der Waals surface area contributed by atoms with Crippen molar-refractivity contribution >= 4 is 17.5 Å². The molecule has 0 aliphatic heterocycles. The molecule has 0 aromatic rings. The molecule has 17 heavy (non-hydrogen) atoms. The number of amides is 1. The Labute approximate surface area is 112 Å². The molecule has 2 nitrogen and oxygen atoms in total. The third-order valence-corrected chi connectivity index (χ3v) is 3.46. The minimum atomic E-state index is 0.169. The third-order valence-electron chi connectivity index (χ3n) is 3.10. The summed E-state index contributed by atoms with van der Waals surface area (Å²) in [5.74, 6) is 0.169. The van der Waals surface area contributed by atoms with E-state index >= 15 is 0 Å². The normalized spacial score (nSPS) is 10.5. The van der Waals surface area contributed by atoms with Gasteiger partial charge in [0.1, 0.15) is 0 Å². The number of carbonyl (C=O) groups excluding carboxylic acids is 1. The second kappa shape index (κ2) is 12.2. The smallest absolute Gasteiger partial charge is 0.223 e. The van der Waals surface area contributed by atoms with Crippen molar-refractivity contribution in [2.45, 2.75) is 71.1 Å². The van der Waals surface area contributed by atoms with Crippen molar-refractivity contribution < 1.29 is 4.79 Å². The van der Waals surface area contributed by atoms with Crippen molar-refractivity contribution in [3.8, 4) is 0 Å². The molecule has 0 bridgehead atoms. The van der Waals surface area contributed by atoms with E-state index in [1.807, 2.05) is 0 Å². The maximum Gasteiger partial charge on any atom is 0.223 e. The van der Waals surface area contributed by atoms with Gasteiger partial charge >= 0.3 is 0 Å². The Morgan fingerprint density at radius 1 is 0.941 bits per heavy atom. The molecule has 0 N–H and O–H groups in total. The van der Waals surface area contributed by atoms with Gasteiger partial charge in [-0.2, -0.15) is 0 Å². The Hall–Kier alpha value is -0.240. The standard InChI is InChI=1S/C14H28ClNO/c1-3-4-5-6-7-8-9-10-11-12-14(17)16(2)13-15/h3-13H2,1-2H3. The number of carbonyl (C=O) groups is 1. The lowest BCUT2D eigenvalue weighted by Crippen LogP contribution is -2.24. The van der Waals surface area contributed by atoms with Crippen LogP contribution in [0.3, 0.4) is 0 Å². The van der Waals surface area contributed by atoms with E-state index in [-0.39, 0.29) is 5.91 Å². The molecular formula is C14H28ClNO. The molecule has 0 aliphatic rings. The number of unbranched alkanes of at least 4 members (excludes halogenated alkanes) is 8. The molecule has 0 atom stereocenters. The van der Waals surface area contributed by atoms with Crippen LogP contribution in [0.1, 0.15) is 71.1 Å². The van der Waals surface area contributed by atoms with E-state index in [1.165, 1.54) is 51.4 Å². The van der Waals surface area contributed by atoms with Gasteiger partial charge in [0.2, 0.25) is 5.91 Å². The van der Waals surface area contributed by atoms with E-state index in [1.54, 1.807) is 11.9 Å². The minimum Gasteiger partial charge on any atom is -0.332 e. The van der Waals surface area contributed by atoms with Crippen LogP contribution in [-0.4, -0.2) is 23.9 Å². The maximum atomic E-state index is 11.4. The second-order valence-corrected chi connectivity index (χ2v) is 5.03. The summed E-state index contributed by atoms with van der Waals surface area (Å²) >= 11 is 5.57. The molecule has 0 aliphatic carbocycles. The van der Waals surface area contributed by atoms with E-state index in [4.69, 9.17) is 11.6 Å². The summed E-state index contributed by atoms with van der Waals surface area (Å²) < 4.78 is 0. The maximum absolute atomic E-state index is 11.4. The van der Waals surface area contributed by atoms with E-state index in [2.05, 4.69) is 6.92 Å². The van der Waals surface area contributed by atoms with Gasteiger partial charge in [-0.3, -0.25) is 4.79 Å². The van der Waals surface area contributed by atoms with Crippen LogP contribution in [0.15, 0.2) is 0 Å². The van der Waals surface area contributed by atoms with E-state index < -0.39 is 0 Å². The zero-order valence-electron chi connectivity index (χ0n) is 11.5. The highest BCUT2D eigenvalue weighted by Gasteiger charge is 2.05. The number of halogens is 1. The summed E-state index contributed by atoms with van der Waals surface area (Å²) in [6, 6.07) is 0.302. The Morgan fingerprint density at radius 3 is 1.88 bits per heavy atom. The van der Waals surface area contributed by atoms with Gasteiger partial charge in [-0.1, -0.05) is 58.3 Å². The Kier molecular flexibility index (Phi) is 12.1. The van der Waals surface area contributed by atoms with Crippen LogP contribution >= 0.6 is 11.6 Å². The van der Waals surface area contributed by atoms with Gasteiger partial charge < -0.3 is 4.90 Å². The highest BCUT2D eigenvalue weighted by atomic mass is 35.5. The number of hydrogen-bond donors (Lipinski definition) is 0. The first kappa shape index (κ1) is 16.8. The molecule has 1 amide bonds. The topological polar surface area (TPSA) is 20.3 Å². The van der Waals surface area contributed by atoms with Crippen molar-refractivity contribution in [1.82, 2.24) is 4.90 Å². The average molecular weight is 262 g/mol. The first-order valence-electron chi connectivity index (χ1n) is 7.02. The summed E-state index contributed by atoms with van der Waals surface area (Å²) in [4.78, 5) is 13.0. The van der Waals surface area contributed by atoms with Crippen molar-refractivity contribution in [3.05, 3.63) is 0 Å². The molecule has 0 aromatic heterocycles. The zero-order valence-corrected chi connectivity index (χ0v) is 12.3. The van der Waals surface area contributed by atoms with Crippen LogP contribution in [0.2, 0.25) is 0 Å². The fraction of sp³-hybridized carbons (Fsp3) is 0.929. The molecule has 3 heteroatoms. The second-order valence-electron chi connectivity index (χ2n) is 4.79. The summed E-state index contributed by atoms with van der Waals surface area (Å²) in [5.41, 5.74) is 0. The highest BCUT2D eigenvalue weighted by Crippen LogP contribution is 2.10. The van der Waals surface area contributed by atoms with E-state index in [0.29, 0.717) is 12.4 Å². The minimum absolute atomic E-state index is 0.169. The summed E-state index contributed by atoms with van der Waals surface area (Å²) in [6.45, 7) is 2.24. The Balaban J connectivity index is 3.16. The van der Waals surface area contributed by atoms with Crippen LogP contribution in [0.5, 0.6) is 0 Å². The van der Waals surface area contributed by atoms with Crippen LogP contribution in [0.25, 0.3) is 0 Å². The molecular weight excluding hydrogens is 234 g/mol. The Bertz CT molecular complexity index is 185. The van der Waals surface area contributed by atoms with Gasteiger partial charge in [-0.05, 0) is 6.42 Å². The predicted molar refractivity (Wildman–Crippen MR) is 75.3 cm³/mol. The quantitative estimate of drug-likeness (QED) is 0.303. The number of alkyl halides is 1. The van der Waals surface area contributed by atoms with Crippen LogP contribution in [0.4, 0.5) is 0 Å². The molecule has 0 radical (unpaired) electrons. The van der Waals surface area contributed by atoms with Crippen LogP contribution in [0, 0.1) is 0 Å². The van der Waals surface area contributed by atoms with Crippen molar-refractivity contribution in [2.75, 3.05) is 13.1 Å². The largest absolute Gasteiger partial charge is 0.332 e. The van der Waals surface area contributed by atoms with Crippen LogP contribution in [-0.2, 0) is 4.79 Å². The van der Waals surface area contributed by atoms with Crippen molar-refractivity contribution in [1.29, 1.82) is 0 Å². The van der Waals surface area contributed by atoms with Crippen molar-refractivity contribution in [3.63, 3.8) is 0 Å². The number of nitrogens with zero attached hydrogens (tertiary/aromatic N) is 1. The number of rotatable bonds is 11. The summed E-state index contributed by atoms with van der Waals surface area (Å²) in [6.07, 6.45) is 12.2. The number of hydrogen-bond acceptors (Lipinski definition) is 1. The van der Waals surface area contributed by atoms with Gasteiger partial charge in [0.25, 0.3) is 0 Å². The van der Waals surface area contributed by atoms with Gasteiger partial charge in [0.05, 0.1) is 6.00 Å². The molecule has 102 valence electrons. The molecule has 0 fully saturated rings. The average Bonchev–Trinajstić information content (AvgIpc) is 2.35. The summed E-state index contributed by atoms with van der Waals surface area (Å²) in [7, 11) is 1.75. The SMILES string of the molecule is CCCCCCCCCCCC(=O)N(C)CCl. The molecule has 0 saturated heterocycles. The van der Waals surface area contributed by atoms with Crippen molar-refractivity contribution in [2.24, 2.45) is 0 Å². The molecule has 0 saturated carbocycles. The first-order chi connectivity index (χ1) is 8.22. The van der Waals surface area contributed by atoms with E-state index in [9.17, 15) is 4.79 Å². The zero-order chi connectivity index (χ0) is 12.9. The molecule has 0 aromatic carbocycles.